The molecule has 0 aromatic heterocycles. The van der Waals surface area contributed by atoms with Crippen LogP contribution in [0.15, 0.2) is 4.99 Å². The van der Waals surface area contributed by atoms with Crippen molar-refractivity contribution >= 4 is 5.96 Å². The number of nitrogens with zero attached hydrogens (tertiary/aromatic N) is 2. The molecule has 2 N–H and O–H groups in total. The van der Waals surface area contributed by atoms with E-state index in [0.717, 1.165) is 36.8 Å². The van der Waals surface area contributed by atoms with E-state index in [2.05, 4.69) is 25.7 Å². The second-order valence-corrected chi connectivity index (χ2v) is 6.37. The molecular weight excluding hydrogens is 210 g/mol. The molecule has 3 nitrogen and oxygen atoms in total. The molecule has 3 atom stereocenters. The lowest BCUT2D eigenvalue weighted by atomic mass is 10.0. The lowest BCUT2D eigenvalue weighted by molar-refractivity contribution is 0.270. The summed E-state index contributed by atoms with van der Waals surface area (Å²) in [6, 6.07) is 0.523. The van der Waals surface area contributed by atoms with Gasteiger partial charge in [-0.15, -0.1) is 0 Å². The molecule has 0 spiro atoms. The van der Waals surface area contributed by atoms with Crippen molar-refractivity contribution in [3.8, 4) is 0 Å². The summed E-state index contributed by atoms with van der Waals surface area (Å²) in [5, 5.41) is 0. The summed E-state index contributed by atoms with van der Waals surface area (Å²) in [4.78, 5) is 6.98. The predicted octanol–water partition coefficient (Wildman–Crippen LogP) is 2.47. The first-order valence-corrected chi connectivity index (χ1v) is 7.14. The van der Waals surface area contributed by atoms with Crippen LogP contribution >= 0.6 is 0 Å². The van der Waals surface area contributed by atoms with Crippen LogP contribution in [-0.4, -0.2) is 30.0 Å². The van der Waals surface area contributed by atoms with Crippen LogP contribution in [0.3, 0.4) is 0 Å². The molecule has 2 rings (SSSR count). The zero-order valence-corrected chi connectivity index (χ0v) is 11.5. The maximum absolute atomic E-state index is 6.12. The lowest BCUT2D eigenvalue weighted by Crippen LogP contribution is -2.43. The summed E-state index contributed by atoms with van der Waals surface area (Å²) in [5.74, 6) is 3.16. The third-order valence-corrected chi connectivity index (χ3v) is 3.94. The average Bonchev–Trinajstić information content (AvgIpc) is 2.95. The Morgan fingerprint density at radius 1 is 1.47 bits per heavy atom. The largest absolute Gasteiger partial charge is 0.370 e. The predicted molar refractivity (Wildman–Crippen MR) is 72.9 cm³/mol. The van der Waals surface area contributed by atoms with Gasteiger partial charge in [0.05, 0.1) is 6.04 Å². The molecule has 17 heavy (non-hydrogen) atoms. The fourth-order valence-corrected chi connectivity index (χ4v) is 2.90. The molecule has 0 amide bonds. The Bertz CT molecular complexity index is 285. The van der Waals surface area contributed by atoms with E-state index < -0.39 is 0 Å². The first-order valence-electron chi connectivity index (χ1n) is 7.14. The van der Waals surface area contributed by atoms with E-state index in [-0.39, 0.29) is 0 Å². The molecule has 1 aliphatic carbocycles. The lowest BCUT2D eigenvalue weighted by Gasteiger charge is -2.31. The van der Waals surface area contributed by atoms with Crippen molar-refractivity contribution in [2.75, 3.05) is 13.1 Å². The Morgan fingerprint density at radius 3 is 2.88 bits per heavy atom. The summed E-state index contributed by atoms with van der Waals surface area (Å²) < 4.78 is 0. The Labute approximate surface area is 105 Å². The Balaban J connectivity index is 1.81. The van der Waals surface area contributed by atoms with Crippen LogP contribution in [0.1, 0.15) is 46.5 Å². The van der Waals surface area contributed by atoms with Gasteiger partial charge >= 0.3 is 0 Å². The molecular formula is C14H27N3. The third-order valence-electron chi connectivity index (χ3n) is 3.94. The topological polar surface area (TPSA) is 41.6 Å². The van der Waals surface area contributed by atoms with Gasteiger partial charge in [0, 0.05) is 13.1 Å². The molecule has 0 radical (unpaired) electrons. The molecule has 98 valence electrons. The molecule has 1 heterocycles. The number of guanidine groups is 1. The summed E-state index contributed by atoms with van der Waals surface area (Å²) in [5.41, 5.74) is 6.12. The molecule has 1 aliphatic heterocycles. The van der Waals surface area contributed by atoms with Crippen LogP contribution in [0, 0.1) is 17.8 Å². The van der Waals surface area contributed by atoms with Gasteiger partial charge in [0.1, 0.15) is 0 Å². The molecule has 1 unspecified atom stereocenters. The number of hydrogen-bond donors (Lipinski definition) is 1. The summed E-state index contributed by atoms with van der Waals surface area (Å²) in [6.07, 6.45) is 5.15. The molecule has 0 aromatic rings. The second-order valence-electron chi connectivity index (χ2n) is 6.37. The smallest absolute Gasteiger partial charge is 0.191 e. The standard InChI is InChI=1S/C14H27N3/c1-10(2)7-12-8-13(12)16-14(15)17-6-4-5-11(3)9-17/h10-13H,4-9H2,1-3H3,(H2,15,16)/t11?,12-,13-/m1/s1. The minimum Gasteiger partial charge on any atom is -0.370 e. The van der Waals surface area contributed by atoms with Gasteiger partial charge in [-0.05, 0) is 43.4 Å². The van der Waals surface area contributed by atoms with E-state index in [9.17, 15) is 0 Å². The molecule has 0 aromatic carbocycles. The normalized spacial score (nSPS) is 34.2. The first-order chi connectivity index (χ1) is 8.06. The highest BCUT2D eigenvalue weighted by Crippen LogP contribution is 2.39. The highest BCUT2D eigenvalue weighted by atomic mass is 15.3. The summed E-state index contributed by atoms with van der Waals surface area (Å²) in [7, 11) is 0. The second kappa shape index (κ2) is 5.28. The van der Waals surface area contributed by atoms with Crippen LogP contribution in [0.4, 0.5) is 0 Å². The van der Waals surface area contributed by atoms with Crippen molar-refractivity contribution in [3.63, 3.8) is 0 Å². The molecule has 3 heteroatoms. The van der Waals surface area contributed by atoms with Gasteiger partial charge in [-0.3, -0.25) is 0 Å². The minimum absolute atomic E-state index is 0.523. The number of nitrogens with two attached hydrogens (primary N) is 1. The Kier molecular flexibility index (Phi) is 3.95. The van der Waals surface area contributed by atoms with Crippen LogP contribution in [0.25, 0.3) is 0 Å². The minimum atomic E-state index is 0.523. The van der Waals surface area contributed by atoms with Gasteiger partial charge in [-0.25, -0.2) is 4.99 Å². The zero-order valence-electron chi connectivity index (χ0n) is 11.5. The quantitative estimate of drug-likeness (QED) is 0.605. The molecule has 2 aliphatic rings. The highest BCUT2D eigenvalue weighted by Gasteiger charge is 2.37. The molecule has 0 bridgehead atoms. The highest BCUT2D eigenvalue weighted by molar-refractivity contribution is 5.78. The third kappa shape index (κ3) is 3.62. The average molecular weight is 237 g/mol. The Hall–Kier alpha value is -0.730. The SMILES string of the molecule is CC(C)C[C@@H]1C[C@H]1N=C(N)N1CCCC(C)C1. The van der Waals surface area contributed by atoms with E-state index in [1.807, 2.05) is 0 Å². The molecule has 2 fully saturated rings. The monoisotopic (exact) mass is 237 g/mol. The van der Waals surface area contributed by atoms with E-state index in [0.29, 0.717) is 6.04 Å². The van der Waals surface area contributed by atoms with Gasteiger partial charge in [-0.1, -0.05) is 20.8 Å². The van der Waals surface area contributed by atoms with E-state index in [1.165, 1.54) is 25.7 Å². The van der Waals surface area contributed by atoms with Crippen LogP contribution < -0.4 is 5.73 Å². The zero-order chi connectivity index (χ0) is 12.4. The van der Waals surface area contributed by atoms with Crippen molar-refractivity contribution in [2.24, 2.45) is 28.5 Å². The van der Waals surface area contributed by atoms with E-state index in [1.54, 1.807) is 0 Å². The molecule has 1 saturated carbocycles. The fourth-order valence-electron chi connectivity index (χ4n) is 2.90. The van der Waals surface area contributed by atoms with Crippen molar-refractivity contribution in [2.45, 2.75) is 52.5 Å². The van der Waals surface area contributed by atoms with Gasteiger partial charge in [0.15, 0.2) is 5.96 Å². The molecule has 1 saturated heterocycles. The number of rotatable bonds is 3. The number of aliphatic imine (C=N–C) groups is 1. The number of likely N-dealkylation sites (tertiary alicyclic amines) is 1. The maximum Gasteiger partial charge on any atom is 0.191 e. The van der Waals surface area contributed by atoms with Gasteiger partial charge in [-0.2, -0.15) is 0 Å². The maximum atomic E-state index is 6.12. The van der Waals surface area contributed by atoms with Crippen molar-refractivity contribution in [1.82, 2.24) is 4.90 Å². The van der Waals surface area contributed by atoms with Crippen LogP contribution in [-0.2, 0) is 0 Å². The van der Waals surface area contributed by atoms with Crippen LogP contribution in [0.5, 0.6) is 0 Å². The summed E-state index contributed by atoms with van der Waals surface area (Å²) in [6.45, 7) is 9.07. The van der Waals surface area contributed by atoms with Gasteiger partial charge < -0.3 is 10.6 Å². The van der Waals surface area contributed by atoms with Crippen molar-refractivity contribution in [3.05, 3.63) is 0 Å². The first kappa shape index (κ1) is 12.7. The number of piperidine rings is 1. The summed E-state index contributed by atoms with van der Waals surface area (Å²) >= 11 is 0. The van der Waals surface area contributed by atoms with Gasteiger partial charge in [0.2, 0.25) is 0 Å². The van der Waals surface area contributed by atoms with Gasteiger partial charge in [0.25, 0.3) is 0 Å². The van der Waals surface area contributed by atoms with E-state index >= 15 is 0 Å². The van der Waals surface area contributed by atoms with E-state index in [4.69, 9.17) is 10.7 Å². The van der Waals surface area contributed by atoms with Crippen LogP contribution in [0.2, 0.25) is 0 Å². The Morgan fingerprint density at radius 2 is 2.24 bits per heavy atom. The van der Waals surface area contributed by atoms with Crippen molar-refractivity contribution in [1.29, 1.82) is 0 Å². The van der Waals surface area contributed by atoms with Crippen molar-refractivity contribution < 1.29 is 0 Å². The fraction of sp³-hybridized carbons (Fsp3) is 0.929. The number of hydrogen-bond acceptors (Lipinski definition) is 1.